The van der Waals surface area contributed by atoms with Crippen LogP contribution in [0, 0.1) is 0 Å². The number of nitrogen functional groups attached to an aromatic ring is 2. The van der Waals surface area contributed by atoms with E-state index < -0.39 is 0 Å². The minimum absolute atomic E-state index is 0.0494. The van der Waals surface area contributed by atoms with E-state index in [2.05, 4.69) is 26.0 Å². The lowest BCUT2D eigenvalue weighted by atomic mass is 10.4. The van der Waals surface area contributed by atoms with E-state index >= 15 is 0 Å². The number of nitrogens with zero attached hydrogens (tertiary/aromatic N) is 2. The molecule has 0 aliphatic carbocycles. The Morgan fingerprint density at radius 3 is 2.75 bits per heavy atom. The fourth-order valence-electron chi connectivity index (χ4n) is 1.06. The number of carbonyl (C=O) groups is 1. The third-order valence-corrected chi connectivity index (χ3v) is 1.83. The van der Waals surface area contributed by atoms with Gasteiger partial charge in [-0.2, -0.15) is 9.97 Å². The lowest BCUT2D eigenvalue weighted by molar-refractivity contribution is -0.120. The normalized spacial score (nSPS) is 9.62. The monoisotopic (exact) mass is 225 g/mol. The molecule has 0 fully saturated rings. The molecule has 0 spiro atoms. The van der Waals surface area contributed by atoms with Crippen molar-refractivity contribution in [2.75, 3.05) is 30.1 Å². The van der Waals surface area contributed by atoms with E-state index in [0.717, 1.165) is 0 Å². The molecule has 1 aromatic heterocycles. The summed E-state index contributed by atoms with van der Waals surface area (Å²) in [6, 6.07) is 1.60. The van der Waals surface area contributed by atoms with Crippen LogP contribution in [-0.2, 0) is 4.79 Å². The van der Waals surface area contributed by atoms with E-state index in [1.807, 2.05) is 0 Å². The van der Waals surface area contributed by atoms with Gasteiger partial charge in [-0.25, -0.2) is 5.84 Å². The second-order valence-corrected chi connectivity index (χ2v) is 2.99. The van der Waals surface area contributed by atoms with Gasteiger partial charge in [-0.3, -0.25) is 4.79 Å². The largest absolute Gasteiger partial charge is 0.369 e. The van der Waals surface area contributed by atoms with E-state index in [4.69, 9.17) is 11.6 Å². The SMILES string of the molecule is CNC(=O)CCNc1cc(NN)nc(N)n1. The van der Waals surface area contributed by atoms with E-state index in [9.17, 15) is 4.79 Å². The molecule has 0 saturated heterocycles. The first kappa shape index (κ1) is 12.0. The van der Waals surface area contributed by atoms with Crippen molar-refractivity contribution in [1.82, 2.24) is 15.3 Å². The molecular formula is C8H15N7O. The molecule has 1 amide bonds. The number of rotatable bonds is 5. The van der Waals surface area contributed by atoms with Crippen LogP contribution in [0.3, 0.4) is 0 Å². The molecule has 88 valence electrons. The summed E-state index contributed by atoms with van der Waals surface area (Å²) in [6.45, 7) is 0.458. The number of amides is 1. The molecule has 8 heteroatoms. The maximum atomic E-state index is 11.0. The van der Waals surface area contributed by atoms with Crippen molar-refractivity contribution in [3.8, 4) is 0 Å². The third kappa shape index (κ3) is 3.58. The second-order valence-electron chi connectivity index (χ2n) is 2.99. The van der Waals surface area contributed by atoms with Crippen LogP contribution in [0.5, 0.6) is 0 Å². The van der Waals surface area contributed by atoms with Gasteiger partial charge in [0.15, 0.2) is 0 Å². The molecule has 0 atom stereocenters. The zero-order valence-corrected chi connectivity index (χ0v) is 8.95. The fraction of sp³-hybridized carbons (Fsp3) is 0.375. The first-order chi connectivity index (χ1) is 7.65. The van der Waals surface area contributed by atoms with Gasteiger partial charge in [0.05, 0.1) is 0 Å². The quantitative estimate of drug-likeness (QED) is 0.317. The topological polar surface area (TPSA) is 131 Å². The van der Waals surface area contributed by atoms with Gasteiger partial charge in [0.2, 0.25) is 11.9 Å². The minimum Gasteiger partial charge on any atom is -0.369 e. The predicted octanol–water partition coefficient (Wildman–Crippen LogP) is -1.11. The predicted molar refractivity (Wildman–Crippen MR) is 61.4 cm³/mol. The molecule has 8 nitrogen and oxygen atoms in total. The van der Waals surface area contributed by atoms with Crippen LogP contribution in [0.4, 0.5) is 17.6 Å². The van der Waals surface area contributed by atoms with Crippen LogP contribution in [0.2, 0.25) is 0 Å². The van der Waals surface area contributed by atoms with E-state index in [1.165, 1.54) is 0 Å². The molecule has 0 aliphatic heterocycles. The minimum atomic E-state index is -0.0494. The van der Waals surface area contributed by atoms with Crippen LogP contribution in [0.15, 0.2) is 6.07 Å². The summed E-state index contributed by atoms with van der Waals surface area (Å²) < 4.78 is 0. The highest BCUT2D eigenvalue weighted by atomic mass is 16.1. The highest BCUT2D eigenvalue weighted by Crippen LogP contribution is 2.10. The van der Waals surface area contributed by atoms with Crippen molar-refractivity contribution in [3.05, 3.63) is 6.07 Å². The van der Waals surface area contributed by atoms with Crippen LogP contribution < -0.4 is 27.6 Å². The maximum Gasteiger partial charge on any atom is 0.223 e. The third-order valence-electron chi connectivity index (χ3n) is 1.83. The molecule has 0 radical (unpaired) electrons. The Balaban J connectivity index is 2.53. The summed E-state index contributed by atoms with van der Waals surface area (Å²) in [7, 11) is 1.58. The number of carbonyl (C=O) groups excluding carboxylic acids is 1. The Hall–Kier alpha value is -2.09. The summed E-state index contributed by atoms with van der Waals surface area (Å²) in [5.41, 5.74) is 7.82. The Morgan fingerprint density at radius 2 is 2.12 bits per heavy atom. The van der Waals surface area contributed by atoms with Crippen LogP contribution >= 0.6 is 0 Å². The van der Waals surface area contributed by atoms with Gasteiger partial charge in [-0.1, -0.05) is 0 Å². The maximum absolute atomic E-state index is 11.0. The molecular weight excluding hydrogens is 210 g/mol. The smallest absolute Gasteiger partial charge is 0.223 e. The number of nitrogens with one attached hydrogen (secondary N) is 3. The molecule has 0 saturated carbocycles. The number of aromatic nitrogens is 2. The molecule has 1 aromatic rings. The van der Waals surface area contributed by atoms with Gasteiger partial charge in [-0.05, 0) is 0 Å². The number of anilines is 3. The summed E-state index contributed by atoms with van der Waals surface area (Å²) in [4.78, 5) is 18.7. The first-order valence-electron chi connectivity index (χ1n) is 4.71. The van der Waals surface area contributed by atoms with Crippen molar-refractivity contribution in [2.45, 2.75) is 6.42 Å². The molecule has 0 aliphatic rings. The van der Waals surface area contributed by atoms with Gasteiger partial charge in [-0.15, -0.1) is 0 Å². The zero-order valence-electron chi connectivity index (χ0n) is 8.95. The molecule has 0 aromatic carbocycles. The summed E-state index contributed by atoms with van der Waals surface area (Å²) in [6.07, 6.45) is 0.353. The zero-order chi connectivity index (χ0) is 12.0. The molecule has 16 heavy (non-hydrogen) atoms. The molecule has 1 rings (SSSR count). The Bertz CT molecular complexity index is 367. The van der Waals surface area contributed by atoms with Gasteiger partial charge in [0.25, 0.3) is 0 Å². The number of hydrazine groups is 1. The van der Waals surface area contributed by atoms with Crippen LogP contribution in [0.25, 0.3) is 0 Å². The second kappa shape index (κ2) is 5.71. The molecule has 7 N–H and O–H groups in total. The number of hydrogen-bond donors (Lipinski definition) is 5. The average Bonchev–Trinajstić information content (AvgIpc) is 2.28. The van der Waals surface area contributed by atoms with E-state index in [1.54, 1.807) is 13.1 Å². The van der Waals surface area contributed by atoms with Gasteiger partial charge in [0, 0.05) is 26.1 Å². The standard InChI is InChI=1S/C8H15N7O/c1-11-7(16)2-3-12-5-4-6(15-10)14-8(9)13-5/h4H,2-3,10H2,1H3,(H,11,16)(H4,9,12,13,14,15). The highest BCUT2D eigenvalue weighted by molar-refractivity contribution is 5.76. The summed E-state index contributed by atoms with van der Waals surface area (Å²) in [5, 5.41) is 5.45. The van der Waals surface area contributed by atoms with Crippen LogP contribution in [0.1, 0.15) is 6.42 Å². The summed E-state index contributed by atoms with van der Waals surface area (Å²) in [5.74, 6) is 6.19. The molecule has 0 bridgehead atoms. The highest BCUT2D eigenvalue weighted by Gasteiger charge is 2.02. The number of hydrogen-bond acceptors (Lipinski definition) is 7. The molecule has 0 unspecified atom stereocenters. The first-order valence-corrected chi connectivity index (χ1v) is 4.71. The summed E-state index contributed by atoms with van der Waals surface area (Å²) >= 11 is 0. The number of nitrogens with two attached hydrogens (primary N) is 2. The average molecular weight is 225 g/mol. The van der Waals surface area contributed by atoms with Crippen molar-refractivity contribution in [3.63, 3.8) is 0 Å². The lowest BCUT2D eigenvalue weighted by Gasteiger charge is -2.07. The van der Waals surface area contributed by atoms with Crippen molar-refractivity contribution in [2.24, 2.45) is 5.84 Å². The van der Waals surface area contributed by atoms with Gasteiger partial charge < -0.3 is 21.8 Å². The fourth-order valence-corrected chi connectivity index (χ4v) is 1.06. The Kier molecular flexibility index (Phi) is 4.28. The molecule has 1 heterocycles. The van der Waals surface area contributed by atoms with Crippen molar-refractivity contribution >= 4 is 23.5 Å². The Labute approximate surface area is 92.8 Å². The Morgan fingerprint density at radius 1 is 1.44 bits per heavy atom. The van der Waals surface area contributed by atoms with E-state index in [0.29, 0.717) is 24.6 Å². The van der Waals surface area contributed by atoms with Crippen LogP contribution in [-0.4, -0.2) is 29.5 Å². The van der Waals surface area contributed by atoms with Gasteiger partial charge in [0.1, 0.15) is 11.6 Å². The van der Waals surface area contributed by atoms with Crippen molar-refractivity contribution in [1.29, 1.82) is 0 Å². The van der Waals surface area contributed by atoms with E-state index in [-0.39, 0.29) is 11.9 Å². The van der Waals surface area contributed by atoms with Crippen molar-refractivity contribution < 1.29 is 4.79 Å². The van der Waals surface area contributed by atoms with Gasteiger partial charge >= 0.3 is 0 Å². The lowest BCUT2D eigenvalue weighted by Crippen LogP contribution is -2.21.